The molecule has 0 saturated carbocycles. The van der Waals surface area contributed by atoms with Crippen molar-refractivity contribution in [2.75, 3.05) is 0 Å². The predicted molar refractivity (Wildman–Crippen MR) is 99.2 cm³/mol. The summed E-state index contributed by atoms with van der Waals surface area (Å²) >= 11 is 0. The number of hydrogen-bond donors (Lipinski definition) is 3. The van der Waals surface area contributed by atoms with Gasteiger partial charge in [0.05, 0.1) is 29.9 Å². The number of hydrogen-bond acceptors (Lipinski definition) is 3. The highest BCUT2D eigenvalue weighted by molar-refractivity contribution is 6.00. The lowest BCUT2D eigenvalue weighted by molar-refractivity contribution is -0.118. The van der Waals surface area contributed by atoms with E-state index >= 15 is 0 Å². The summed E-state index contributed by atoms with van der Waals surface area (Å²) in [5, 5.41) is 9.75. The smallest absolute Gasteiger partial charge is 0.255 e. The van der Waals surface area contributed by atoms with Gasteiger partial charge in [-0.1, -0.05) is 60.2 Å². The third kappa shape index (κ3) is 3.97. The van der Waals surface area contributed by atoms with Gasteiger partial charge in [-0.25, -0.2) is 0 Å². The first-order valence-corrected chi connectivity index (χ1v) is 8.29. The Morgan fingerprint density at radius 3 is 2.46 bits per heavy atom. The Labute approximate surface area is 151 Å². The number of primary amides is 1. The van der Waals surface area contributed by atoms with E-state index in [1.165, 1.54) is 6.20 Å². The summed E-state index contributed by atoms with van der Waals surface area (Å²) < 4.78 is 0. The zero-order chi connectivity index (χ0) is 18.5. The molecule has 1 aromatic heterocycles. The molecule has 1 atom stereocenters. The van der Waals surface area contributed by atoms with Gasteiger partial charge >= 0.3 is 0 Å². The minimum absolute atomic E-state index is 0.0212. The largest absolute Gasteiger partial charge is 0.370 e. The lowest BCUT2D eigenvalue weighted by Crippen LogP contribution is -2.31. The summed E-state index contributed by atoms with van der Waals surface area (Å²) in [6.07, 6.45) is 1.50. The fraction of sp³-hybridized carbons (Fsp3) is 0.150. The number of aromatic nitrogens is 2. The number of nitrogens with two attached hydrogens (primary N) is 1. The van der Waals surface area contributed by atoms with Crippen LogP contribution in [0.1, 0.15) is 33.9 Å². The summed E-state index contributed by atoms with van der Waals surface area (Å²) in [5.41, 5.74) is 9.19. The third-order valence-electron chi connectivity index (χ3n) is 4.14. The van der Waals surface area contributed by atoms with Crippen LogP contribution in [0, 0.1) is 6.92 Å². The number of nitrogens with one attached hydrogen (secondary N) is 2. The molecule has 0 bridgehead atoms. The highest BCUT2D eigenvalue weighted by Gasteiger charge is 2.21. The van der Waals surface area contributed by atoms with Crippen LogP contribution in [0.15, 0.2) is 60.8 Å². The molecule has 26 heavy (non-hydrogen) atoms. The van der Waals surface area contributed by atoms with Crippen molar-refractivity contribution in [2.24, 2.45) is 5.73 Å². The molecule has 0 radical (unpaired) electrons. The highest BCUT2D eigenvalue weighted by Crippen LogP contribution is 2.23. The molecule has 6 nitrogen and oxygen atoms in total. The average Bonchev–Trinajstić information content (AvgIpc) is 3.12. The lowest BCUT2D eigenvalue weighted by atomic mass is 10.0. The fourth-order valence-corrected chi connectivity index (χ4v) is 2.77. The Bertz CT molecular complexity index is 901. The Kier molecular flexibility index (Phi) is 5.12. The van der Waals surface area contributed by atoms with Crippen LogP contribution >= 0.6 is 0 Å². The monoisotopic (exact) mass is 348 g/mol. The second kappa shape index (κ2) is 7.65. The zero-order valence-electron chi connectivity index (χ0n) is 14.4. The van der Waals surface area contributed by atoms with Crippen LogP contribution in [0.2, 0.25) is 0 Å². The van der Waals surface area contributed by atoms with Crippen LogP contribution in [0.4, 0.5) is 0 Å². The molecule has 132 valence electrons. The van der Waals surface area contributed by atoms with Crippen LogP contribution in [0.5, 0.6) is 0 Å². The number of rotatable bonds is 6. The number of benzene rings is 2. The van der Waals surface area contributed by atoms with E-state index < -0.39 is 11.9 Å². The van der Waals surface area contributed by atoms with E-state index in [2.05, 4.69) is 15.5 Å². The summed E-state index contributed by atoms with van der Waals surface area (Å²) in [7, 11) is 0. The van der Waals surface area contributed by atoms with E-state index in [4.69, 9.17) is 5.73 Å². The van der Waals surface area contributed by atoms with Crippen LogP contribution in [0.25, 0.3) is 11.3 Å². The van der Waals surface area contributed by atoms with Gasteiger partial charge in [-0.2, -0.15) is 5.10 Å². The maximum absolute atomic E-state index is 12.8. The van der Waals surface area contributed by atoms with Crippen molar-refractivity contribution in [3.8, 4) is 11.3 Å². The van der Waals surface area contributed by atoms with Crippen molar-refractivity contribution in [2.45, 2.75) is 19.4 Å². The standard InChI is InChI=1S/C20H20N4O2/c1-13-7-9-14(10-8-13)17(11-18(21)25)23-20(26)16-12-22-24-19(16)15-5-3-2-4-6-15/h2-10,12,17H,11H2,1H3,(H2,21,25)(H,22,24)(H,23,26)/t17-/m0/s1. The van der Waals surface area contributed by atoms with Gasteiger partial charge in [-0.15, -0.1) is 0 Å². The molecule has 4 N–H and O–H groups in total. The number of nitrogens with zero attached hydrogens (tertiary/aromatic N) is 1. The summed E-state index contributed by atoms with van der Waals surface area (Å²) in [6, 6.07) is 16.6. The first-order chi connectivity index (χ1) is 12.5. The van der Waals surface area contributed by atoms with Gasteiger partial charge in [0, 0.05) is 5.56 Å². The molecule has 2 aromatic carbocycles. The molecule has 1 heterocycles. The molecule has 0 aliphatic rings. The molecular weight excluding hydrogens is 328 g/mol. The molecule has 3 aromatic rings. The second-order valence-electron chi connectivity index (χ2n) is 6.13. The van der Waals surface area contributed by atoms with Crippen molar-refractivity contribution in [3.63, 3.8) is 0 Å². The quantitative estimate of drug-likeness (QED) is 0.638. The molecular formula is C20H20N4O2. The van der Waals surface area contributed by atoms with Crippen molar-refractivity contribution in [1.29, 1.82) is 0 Å². The van der Waals surface area contributed by atoms with Crippen LogP contribution in [-0.2, 0) is 4.79 Å². The van der Waals surface area contributed by atoms with E-state index in [9.17, 15) is 9.59 Å². The van der Waals surface area contributed by atoms with Gasteiger partial charge in [0.2, 0.25) is 5.91 Å². The van der Waals surface area contributed by atoms with Crippen LogP contribution in [0.3, 0.4) is 0 Å². The van der Waals surface area contributed by atoms with E-state index in [0.717, 1.165) is 16.7 Å². The Morgan fingerprint density at radius 2 is 1.81 bits per heavy atom. The van der Waals surface area contributed by atoms with Gasteiger partial charge in [-0.05, 0) is 12.5 Å². The average molecular weight is 348 g/mol. The summed E-state index contributed by atoms with van der Waals surface area (Å²) in [4.78, 5) is 24.3. The minimum Gasteiger partial charge on any atom is -0.370 e. The molecule has 3 rings (SSSR count). The van der Waals surface area contributed by atoms with E-state index in [-0.39, 0.29) is 12.3 Å². The number of amides is 2. The molecule has 0 saturated heterocycles. The molecule has 0 fully saturated rings. The van der Waals surface area contributed by atoms with Crippen molar-refractivity contribution in [1.82, 2.24) is 15.5 Å². The number of aromatic amines is 1. The van der Waals surface area contributed by atoms with Gasteiger partial charge < -0.3 is 11.1 Å². The lowest BCUT2D eigenvalue weighted by Gasteiger charge is -2.18. The number of aryl methyl sites for hydroxylation is 1. The van der Waals surface area contributed by atoms with E-state index in [1.807, 2.05) is 61.5 Å². The van der Waals surface area contributed by atoms with Crippen molar-refractivity contribution >= 4 is 11.8 Å². The number of H-pyrrole nitrogens is 1. The topological polar surface area (TPSA) is 101 Å². The first kappa shape index (κ1) is 17.4. The molecule has 0 aliphatic heterocycles. The van der Waals surface area contributed by atoms with E-state index in [1.54, 1.807) is 0 Å². The molecule has 0 unspecified atom stereocenters. The molecule has 2 amide bonds. The summed E-state index contributed by atoms with van der Waals surface area (Å²) in [6.45, 7) is 1.98. The zero-order valence-corrected chi connectivity index (χ0v) is 14.4. The number of carbonyl (C=O) groups is 2. The molecule has 0 spiro atoms. The van der Waals surface area contributed by atoms with Gasteiger partial charge in [0.1, 0.15) is 0 Å². The predicted octanol–water partition coefficient (Wildman–Crippen LogP) is 2.73. The maximum atomic E-state index is 12.8. The minimum atomic E-state index is -0.501. The number of carbonyl (C=O) groups excluding carboxylic acids is 2. The Hall–Kier alpha value is -3.41. The second-order valence-corrected chi connectivity index (χ2v) is 6.13. The fourth-order valence-electron chi connectivity index (χ4n) is 2.77. The van der Waals surface area contributed by atoms with E-state index in [0.29, 0.717) is 11.3 Å². The molecule has 0 aliphatic carbocycles. The molecule has 6 heteroatoms. The first-order valence-electron chi connectivity index (χ1n) is 8.29. The van der Waals surface area contributed by atoms with Crippen LogP contribution < -0.4 is 11.1 Å². The third-order valence-corrected chi connectivity index (χ3v) is 4.14. The van der Waals surface area contributed by atoms with Gasteiger partial charge in [-0.3, -0.25) is 14.7 Å². The Balaban J connectivity index is 1.86. The highest BCUT2D eigenvalue weighted by atomic mass is 16.2. The Morgan fingerprint density at radius 1 is 1.12 bits per heavy atom. The summed E-state index contributed by atoms with van der Waals surface area (Å²) in [5.74, 6) is -0.796. The van der Waals surface area contributed by atoms with Gasteiger partial charge in [0.25, 0.3) is 5.91 Å². The maximum Gasteiger partial charge on any atom is 0.255 e. The van der Waals surface area contributed by atoms with Crippen molar-refractivity contribution < 1.29 is 9.59 Å². The van der Waals surface area contributed by atoms with Crippen molar-refractivity contribution in [3.05, 3.63) is 77.5 Å². The van der Waals surface area contributed by atoms with Crippen LogP contribution in [-0.4, -0.2) is 22.0 Å². The normalized spacial score (nSPS) is 11.7. The van der Waals surface area contributed by atoms with Gasteiger partial charge in [0.15, 0.2) is 0 Å². The SMILES string of the molecule is Cc1ccc([C@H](CC(N)=O)NC(=O)c2cn[nH]c2-c2ccccc2)cc1.